The van der Waals surface area contributed by atoms with Gasteiger partial charge in [0.2, 0.25) is 0 Å². The fourth-order valence-electron chi connectivity index (χ4n) is 3.49. The van der Waals surface area contributed by atoms with E-state index in [0.29, 0.717) is 29.2 Å². The van der Waals surface area contributed by atoms with E-state index in [0.717, 1.165) is 11.1 Å². The zero-order chi connectivity index (χ0) is 19.7. The molecule has 2 aromatic carbocycles. The number of amides is 2. The van der Waals surface area contributed by atoms with E-state index in [1.807, 2.05) is 30.3 Å². The molecule has 4 rings (SSSR count). The van der Waals surface area contributed by atoms with E-state index >= 15 is 0 Å². The molecule has 142 valence electrons. The summed E-state index contributed by atoms with van der Waals surface area (Å²) >= 11 is 0. The maximum atomic E-state index is 12.8. The largest absolute Gasteiger partial charge is 0.491 e. The summed E-state index contributed by atoms with van der Waals surface area (Å²) in [6.45, 7) is 2.45. The van der Waals surface area contributed by atoms with E-state index in [-0.39, 0.29) is 11.8 Å². The van der Waals surface area contributed by atoms with Crippen LogP contribution in [0.3, 0.4) is 0 Å². The number of rotatable bonds is 4. The first-order valence-corrected chi connectivity index (χ1v) is 8.92. The Morgan fingerprint density at radius 1 is 1.18 bits per heavy atom. The average Bonchev–Trinajstić information content (AvgIpc) is 3.36. The number of carbonyl (C=O) groups excluding carboxylic acids is 2. The highest BCUT2D eigenvalue weighted by atomic mass is 16.5. The van der Waals surface area contributed by atoms with E-state index in [2.05, 4.69) is 27.8 Å². The second kappa shape index (κ2) is 6.84. The molecule has 1 aliphatic heterocycles. The van der Waals surface area contributed by atoms with Gasteiger partial charge >= 0.3 is 0 Å². The Morgan fingerprint density at radius 3 is 2.64 bits per heavy atom. The van der Waals surface area contributed by atoms with Gasteiger partial charge in [0.15, 0.2) is 0 Å². The third-order valence-corrected chi connectivity index (χ3v) is 5.09. The van der Waals surface area contributed by atoms with Crippen molar-refractivity contribution in [2.45, 2.75) is 12.3 Å². The summed E-state index contributed by atoms with van der Waals surface area (Å²) in [6, 6.07) is 13.3. The lowest BCUT2D eigenvalue weighted by atomic mass is 9.77. The Kier molecular flexibility index (Phi) is 4.35. The Bertz CT molecular complexity index is 1030. The van der Waals surface area contributed by atoms with Crippen molar-refractivity contribution in [3.05, 3.63) is 77.1 Å². The molecule has 3 N–H and O–H groups in total. The number of anilines is 1. The third kappa shape index (κ3) is 2.90. The number of fused-ring (bicyclic) bond motifs is 1. The summed E-state index contributed by atoms with van der Waals surface area (Å²) < 4.78 is 5.96. The Hall–Kier alpha value is -3.61. The molecular formula is C21H20N4O3. The maximum Gasteiger partial charge on any atom is 0.255 e. The summed E-state index contributed by atoms with van der Waals surface area (Å²) in [5.41, 5.74) is 2.68. The van der Waals surface area contributed by atoms with E-state index < -0.39 is 5.41 Å². The number of nitrogens with one attached hydrogen (secondary N) is 3. The van der Waals surface area contributed by atoms with Crippen LogP contribution in [0.4, 0.5) is 5.69 Å². The van der Waals surface area contributed by atoms with Crippen molar-refractivity contribution < 1.29 is 14.3 Å². The van der Waals surface area contributed by atoms with Crippen LogP contribution in [0.25, 0.3) is 0 Å². The van der Waals surface area contributed by atoms with E-state index in [4.69, 9.17) is 4.74 Å². The first-order chi connectivity index (χ1) is 13.5. The van der Waals surface area contributed by atoms with Crippen molar-refractivity contribution in [3.8, 4) is 5.75 Å². The Balaban J connectivity index is 1.83. The standard InChI is InChI=1S/C21H20N4O3/c1-21(14-6-4-3-5-7-14)12-28-18-16(20(27)22-2)8-13(9-17(18)21)19(26)25-15-10-23-24-11-15/h3-11H,12H2,1-2H3,(H,22,27)(H,23,24)(H,25,26). The molecule has 0 radical (unpaired) electrons. The Labute approximate surface area is 162 Å². The lowest BCUT2D eigenvalue weighted by Gasteiger charge is -2.24. The summed E-state index contributed by atoms with van der Waals surface area (Å²) in [5, 5.41) is 11.9. The van der Waals surface area contributed by atoms with Crippen molar-refractivity contribution in [2.24, 2.45) is 0 Å². The van der Waals surface area contributed by atoms with Crippen molar-refractivity contribution >= 4 is 17.5 Å². The highest BCUT2D eigenvalue weighted by Gasteiger charge is 2.40. The van der Waals surface area contributed by atoms with Crippen LogP contribution < -0.4 is 15.4 Å². The molecule has 0 saturated carbocycles. The maximum absolute atomic E-state index is 12.8. The molecule has 0 bridgehead atoms. The van der Waals surface area contributed by atoms with Crippen molar-refractivity contribution in [1.82, 2.24) is 15.5 Å². The summed E-state index contributed by atoms with van der Waals surface area (Å²) in [4.78, 5) is 25.3. The first kappa shape index (κ1) is 17.8. The van der Waals surface area contributed by atoms with E-state index in [1.165, 1.54) is 6.20 Å². The van der Waals surface area contributed by atoms with Gasteiger partial charge in [0.25, 0.3) is 11.8 Å². The second-order valence-electron chi connectivity index (χ2n) is 6.91. The molecule has 1 aliphatic rings. The molecule has 0 fully saturated rings. The number of hydrogen-bond donors (Lipinski definition) is 3. The van der Waals surface area contributed by atoms with Gasteiger partial charge in [0, 0.05) is 24.4 Å². The van der Waals surface area contributed by atoms with Crippen molar-refractivity contribution in [2.75, 3.05) is 19.0 Å². The number of hydrogen-bond acceptors (Lipinski definition) is 4. The first-order valence-electron chi connectivity index (χ1n) is 8.92. The molecule has 2 amide bonds. The molecule has 7 heteroatoms. The molecule has 28 heavy (non-hydrogen) atoms. The zero-order valence-electron chi connectivity index (χ0n) is 15.6. The zero-order valence-corrected chi connectivity index (χ0v) is 15.6. The SMILES string of the molecule is CNC(=O)c1cc(C(=O)Nc2cn[nH]c2)cc2c1OCC2(C)c1ccccc1. The molecule has 1 atom stereocenters. The van der Waals surface area contributed by atoms with E-state index in [9.17, 15) is 9.59 Å². The number of aromatic amines is 1. The van der Waals surface area contributed by atoms with Gasteiger partial charge in [0.05, 0.1) is 22.9 Å². The number of aromatic nitrogens is 2. The van der Waals surface area contributed by atoms with Crippen LogP contribution in [0.2, 0.25) is 0 Å². The van der Waals surface area contributed by atoms with Gasteiger partial charge < -0.3 is 15.4 Å². The van der Waals surface area contributed by atoms with Crippen LogP contribution in [0.1, 0.15) is 38.8 Å². The van der Waals surface area contributed by atoms with Gasteiger partial charge in [-0.2, -0.15) is 5.10 Å². The molecule has 1 unspecified atom stereocenters. The average molecular weight is 376 g/mol. The second-order valence-corrected chi connectivity index (χ2v) is 6.91. The van der Waals surface area contributed by atoms with Crippen LogP contribution in [0.15, 0.2) is 54.9 Å². The molecule has 1 aromatic heterocycles. The van der Waals surface area contributed by atoms with Crippen LogP contribution in [-0.4, -0.2) is 35.7 Å². The minimum Gasteiger partial charge on any atom is -0.491 e. The summed E-state index contributed by atoms with van der Waals surface area (Å²) in [7, 11) is 1.55. The molecule has 2 heterocycles. The number of carbonyl (C=O) groups is 2. The lowest BCUT2D eigenvalue weighted by molar-refractivity contribution is 0.0959. The summed E-state index contributed by atoms with van der Waals surface area (Å²) in [5.74, 6) is -0.103. The summed E-state index contributed by atoms with van der Waals surface area (Å²) in [6.07, 6.45) is 3.10. The number of H-pyrrole nitrogens is 1. The minimum atomic E-state index is -0.467. The normalized spacial score (nSPS) is 17.5. The molecule has 0 saturated heterocycles. The van der Waals surface area contributed by atoms with Gasteiger partial charge in [0.1, 0.15) is 12.4 Å². The Morgan fingerprint density at radius 2 is 1.96 bits per heavy atom. The topological polar surface area (TPSA) is 96.1 Å². The van der Waals surface area contributed by atoms with Crippen LogP contribution in [0, 0.1) is 0 Å². The van der Waals surface area contributed by atoms with Crippen LogP contribution >= 0.6 is 0 Å². The minimum absolute atomic E-state index is 0.300. The molecule has 0 spiro atoms. The predicted molar refractivity (Wildman–Crippen MR) is 105 cm³/mol. The third-order valence-electron chi connectivity index (χ3n) is 5.09. The molecule has 3 aromatic rings. The quantitative estimate of drug-likeness (QED) is 0.652. The van der Waals surface area contributed by atoms with E-state index in [1.54, 1.807) is 25.4 Å². The molecule has 7 nitrogen and oxygen atoms in total. The highest BCUT2D eigenvalue weighted by Crippen LogP contribution is 2.45. The number of ether oxygens (including phenoxy) is 1. The van der Waals surface area contributed by atoms with Crippen molar-refractivity contribution in [3.63, 3.8) is 0 Å². The number of benzene rings is 2. The fraction of sp³-hybridized carbons (Fsp3) is 0.190. The molecule has 0 aliphatic carbocycles. The van der Waals surface area contributed by atoms with Gasteiger partial charge in [-0.05, 0) is 24.6 Å². The fourth-order valence-corrected chi connectivity index (χ4v) is 3.49. The van der Waals surface area contributed by atoms with Gasteiger partial charge in [-0.1, -0.05) is 30.3 Å². The molecular weight excluding hydrogens is 356 g/mol. The van der Waals surface area contributed by atoms with Crippen LogP contribution in [-0.2, 0) is 5.41 Å². The van der Waals surface area contributed by atoms with Gasteiger partial charge in [-0.25, -0.2) is 0 Å². The highest BCUT2D eigenvalue weighted by molar-refractivity contribution is 6.07. The lowest BCUT2D eigenvalue weighted by Crippen LogP contribution is -2.26. The smallest absolute Gasteiger partial charge is 0.255 e. The number of nitrogens with zero attached hydrogens (tertiary/aromatic N) is 1. The van der Waals surface area contributed by atoms with Gasteiger partial charge in [-0.15, -0.1) is 0 Å². The predicted octanol–water partition coefficient (Wildman–Crippen LogP) is 2.72. The monoisotopic (exact) mass is 376 g/mol. The van der Waals surface area contributed by atoms with Gasteiger partial charge in [-0.3, -0.25) is 14.7 Å². The van der Waals surface area contributed by atoms with Crippen molar-refractivity contribution in [1.29, 1.82) is 0 Å². The van der Waals surface area contributed by atoms with Crippen LogP contribution in [0.5, 0.6) is 5.75 Å².